The van der Waals surface area contributed by atoms with Crippen LogP contribution in [0.15, 0.2) is 24.3 Å². The highest BCUT2D eigenvalue weighted by atomic mass is 16.3. The SMILES string of the molecule is NC(=O)c1ccc(CN(CCO)CCO)cc1. The van der Waals surface area contributed by atoms with Crippen molar-refractivity contribution in [2.24, 2.45) is 5.73 Å². The molecular weight excluding hydrogens is 220 g/mol. The molecule has 0 aliphatic rings. The maximum atomic E-state index is 10.9. The first-order valence-electron chi connectivity index (χ1n) is 5.50. The summed E-state index contributed by atoms with van der Waals surface area (Å²) >= 11 is 0. The molecule has 0 bridgehead atoms. The highest BCUT2D eigenvalue weighted by Gasteiger charge is 2.05. The summed E-state index contributed by atoms with van der Waals surface area (Å²) in [5, 5.41) is 17.7. The van der Waals surface area contributed by atoms with E-state index in [2.05, 4.69) is 0 Å². The zero-order valence-corrected chi connectivity index (χ0v) is 9.67. The van der Waals surface area contributed by atoms with Crippen molar-refractivity contribution in [3.05, 3.63) is 35.4 Å². The molecule has 0 heterocycles. The number of nitrogens with two attached hydrogens (primary N) is 1. The minimum absolute atomic E-state index is 0.0549. The molecule has 0 fully saturated rings. The standard InChI is InChI=1S/C12H18N2O3/c13-12(17)11-3-1-10(2-4-11)9-14(5-7-15)6-8-16/h1-4,15-16H,5-9H2,(H2,13,17). The topological polar surface area (TPSA) is 86.8 Å². The van der Waals surface area contributed by atoms with Crippen molar-refractivity contribution in [1.82, 2.24) is 4.90 Å². The maximum Gasteiger partial charge on any atom is 0.248 e. The number of benzene rings is 1. The van der Waals surface area contributed by atoms with Gasteiger partial charge in [0.05, 0.1) is 13.2 Å². The summed E-state index contributed by atoms with van der Waals surface area (Å²) < 4.78 is 0. The molecule has 5 nitrogen and oxygen atoms in total. The first-order valence-corrected chi connectivity index (χ1v) is 5.50. The summed E-state index contributed by atoms with van der Waals surface area (Å²) in [6, 6.07) is 6.99. The fourth-order valence-corrected chi connectivity index (χ4v) is 1.59. The number of aliphatic hydroxyl groups excluding tert-OH is 2. The second-order valence-corrected chi connectivity index (χ2v) is 3.78. The summed E-state index contributed by atoms with van der Waals surface area (Å²) in [7, 11) is 0. The lowest BCUT2D eigenvalue weighted by Gasteiger charge is -2.20. The van der Waals surface area contributed by atoms with Crippen LogP contribution in [0.25, 0.3) is 0 Å². The molecule has 0 unspecified atom stereocenters. The zero-order chi connectivity index (χ0) is 12.7. The molecule has 1 amide bonds. The fraction of sp³-hybridized carbons (Fsp3) is 0.417. The molecule has 0 atom stereocenters. The third kappa shape index (κ3) is 4.52. The van der Waals surface area contributed by atoms with E-state index in [0.717, 1.165) is 5.56 Å². The second kappa shape index (κ2) is 7.01. The van der Waals surface area contributed by atoms with E-state index in [9.17, 15) is 4.79 Å². The van der Waals surface area contributed by atoms with Crippen molar-refractivity contribution in [1.29, 1.82) is 0 Å². The molecule has 4 N–H and O–H groups in total. The largest absolute Gasteiger partial charge is 0.395 e. The predicted molar refractivity (Wildman–Crippen MR) is 64.4 cm³/mol. The minimum atomic E-state index is -0.445. The second-order valence-electron chi connectivity index (χ2n) is 3.78. The average Bonchev–Trinajstić information content (AvgIpc) is 2.30. The smallest absolute Gasteiger partial charge is 0.248 e. The van der Waals surface area contributed by atoms with Crippen LogP contribution < -0.4 is 5.73 Å². The van der Waals surface area contributed by atoms with Crippen molar-refractivity contribution in [3.63, 3.8) is 0 Å². The van der Waals surface area contributed by atoms with E-state index in [-0.39, 0.29) is 13.2 Å². The van der Waals surface area contributed by atoms with E-state index in [1.165, 1.54) is 0 Å². The van der Waals surface area contributed by atoms with Gasteiger partial charge in [0.15, 0.2) is 0 Å². The number of primary amides is 1. The number of aliphatic hydroxyl groups is 2. The van der Waals surface area contributed by atoms with Gasteiger partial charge < -0.3 is 15.9 Å². The van der Waals surface area contributed by atoms with Gasteiger partial charge in [0.1, 0.15) is 0 Å². The van der Waals surface area contributed by atoms with Crippen molar-refractivity contribution in [2.75, 3.05) is 26.3 Å². The molecule has 5 heteroatoms. The zero-order valence-electron chi connectivity index (χ0n) is 9.67. The van der Waals surface area contributed by atoms with E-state index in [0.29, 0.717) is 25.2 Å². The molecule has 1 aromatic rings. The third-order valence-corrected chi connectivity index (χ3v) is 2.48. The summed E-state index contributed by atoms with van der Waals surface area (Å²) in [6.45, 7) is 1.76. The molecule has 0 aromatic heterocycles. The first-order chi connectivity index (χ1) is 8.17. The third-order valence-electron chi connectivity index (χ3n) is 2.48. The summed E-state index contributed by atoms with van der Waals surface area (Å²) in [4.78, 5) is 12.8. The molecule has 94 valence electrons. The minimum Gasteiger partial charge on any atom is -0.395 e. The normalized spacial score (nSPS) is 10.8. The van der Waals surface area contributed by atoms with Gasteiger partial charge in [-0.15, -0.1) is 0 Å². The monoisotopic (exact) mass is 238 g/mol. The Morgan fingerprint density at radius 2 is 1.65 bits per heavy atom. The van der Waals surface area contributed by atoms with E-state index < -0.39 is 5.91 Å². The van der Waals surface area contributed by atoms with Crippen LogP contribution in [0.4, 0.5) is 0 Å². The summed E-state index contributed by atoms with van der Waals surface area (Å²) in [5.41, 5.74) is 6.63. The van der Waals surface area contributed by atoms with Gasteiger partial charge in [-0.2, -0.15) is 0 Å². The van der Waals surface area contributed by atoms with Crippen LogP contribution in [0.3, 0.4) is 0 Å². The van der Waals surface area contributed by atoms with Crippen LogP contribution in [0, 0.1) is 0 Å². The Labute approximate surface area is 100 Å². The molecule has 0 radical (unpaired) electrons. The van der Waals surface area contributed by atoms with Crippen LogP contribution in [-0.4, -0.2) is 47.3 Å². The Kier molecular flexibility index (Phi) is 5.62. The van der Waals surface area contributed by atoms with Gasteiger partial charge in [0.25, 0.3) is 0 Å². The number of hydrogen-bond donors (Lipinski definition) is 3. The molecule has 0 aliphatic heterocycles. The van der Waals surface area contributed by atoms with Crippen molar-refractivity contribution < 1.29 is 15.0 Å². The summed E-state index contributed by atoms with van der Waals surface area (Å²) in [6.07, 6.45) is 0. The van der Waals surface area contributed by atoms with E-state index in [4.69, 9.17) is 15.9 Å². The Bertz CT molecular complexity index is 345. The Hall–Kier alpha value is -1.43. The molecular formula is C12H18N2O3. The van der Waals surface area contributed by atoms with Crippen LogP contribution in [0.2, 0.25) is 0 Å². The average molecular weight is 238 g/mol. The van der Waals surface area contributed by atoms with E-state index >= 15 is 0 Å². The van der Waals surface area contributed by atoms with Gasteiger partial charge in [0.2, 0.25) is 5.91 Å². The van der Waals surface area contributed by atoms with Crippen molar-refractivity contribution in [3.8, 4) is 0 Å². The number of carbonyl (C=O) groups is 1. The van der Waals surface area contributed by atoms with E-state index in [1.807, 2.05) is 17.0 Å². The lowest BCUT2D eigenvalue weighted by molar-refractivity contribution is 0.100. The predicted octanol–water partition coefficient (Wildman–Crippen LogP) is -0.428. The van der Waals surface area contributed by atoms with Gasteiger partial charge >= 0.3 is 0 Å². The quantitative estimate of drug-likeness (QED) is 0.601. The van der Waals surface area contributed by atoms with Crippen LogP contribution in [0.5, 0.6) is 0 Å². The van der Waals surface area contributed by atoms with Crippen LogP contribution >= 0.6 is 0 Å². The van der Waals surface area contributed by atoms with Crippen molar-refractivity contribution >= 4 is 5.91 Å². The number of amides is 1. The molecule has 1 aromatic carbocycles. The molecule has 0 spiro atoms. The molecule has 0 saturated heterocycles. The van der Waals surface area contributed by atoms with Gasteiger partial charge in [-0.25, -0.2) is 0 Å². The van der Waals surface area contributed by atoms with Crippen LogP contribution in [-0.2, 0) is 6.54 Å². The van der Waals surface area contributed by atoms with E-state index in [1.54, 1.807) is 12.1 Å². The molecule has 1 rings (SSSR count). The summed E-state index contributed by atoms with van der Waals surface area (Å²) in [5.74, 6) is -0.445. The maximum absolute atomic E-state index is 10.9. The molecule has 0 saturated carbocycles. The highest BCUT2D eigenvalue weighted by molar-refractivity contribution is 5.92. The number of nitrogens with zero attached hydrogens (tertiary/aromatic N) is 1. The molecule has 17 heavy (non-hydrogen) atoms. The number of carbonyl (C=O) groups excluding carboxylic acids is 1. The Morgan fingerprint density at radius 3 is 2.06 bits per heavy atom. The van der Waals surface area contributed by atoms with Crippen LogP contribution in [0.1, 0.15) is 15.9 Å². The lowest BCUT2D eigenvalue weighted by Crippen LogP contribution is -2.29. The van der Waals surface area contributed by atoms with Gasteiger partial charge in [-0.05, 0) is 17.7 Å². The van der Waals surface area contributed by atoms with Crippen molar-refractivity contribution in [2.45, 2.75) is 6.54 Å². The Morgan fingerprint density at radius 1 is 1.12 bits per heavy atom. The number of rotatable bonds is 7. The Balaban J connectivity index is 2.62. The van der Waals surface area contributed by atoms with Gasteiger partial charge in [-0.3, -0.25) is 9.69 Å². The fourth-order valence-electron chi connectivity index (χ4n) is 1.59. The highest BCUT2D eigenvalue weighted by Crippen LogP contribution is 2.07. The lowest BCUT2D eigenvalue weighted by atomic mass is 10.1. The number of hydrogen-bond acceptors (Lipinski definition) is 4. The first kappa shape index (κ1) is 13.6. The van der Waals surface area contributed by atoms with Gasteiger partial charge in [-0.1, -0.05) is 12.1 Å². The van der Waals surface area contributed by atoms with Gasteiger partial charge in [0, 0.05) is 25.2 Å². The molecule has 0 aliphatic carbocycles.